The molecule has 5 rings (SSSR count). The van der Waals surface area contributed by atoms with Gasteiger partial charge in [0.1, 0.15) is 5.75 Å². The predicted molar refractivity (Wildman–Crippen MR) is 99.7 cm³/mol. The number of amides is 1. The molecule has 0 spiro atoms. The average Bonchev–Trinajstić information content (AvgIpc) is 3.02. The molecule has 3 aromatic carbocycles. The molecule has 2 bridgehead atoms. The molecule has 3 aromatic rings. The van der Waals surface area contributed by atoms with Gasteiger partial charge in [-0.05, 0) is 35.9 Å². The largest absolute Gasteiger partial charge is 0.469 e. The second kappa shape index (κ2) is 5.92. The Morgan fingerprint density at radius 3 is 2.19 bits per heavy atom. The zero-order valence-electron chi connectivity index (χ0n) is 14.2. The molecule has 4 heteroatoms. The maximum Gasteiger partial charge on any atom is 0.276 e. The first kappa shape index (κ1) is 15.0. The number of hydrogen-bond donors (Lipinski definition) is 0. The molecule has 0 N–H and O–H groups in total. The lowest BCUT2D eigenvalue weighted by molar-refractivity contribution is 0.0355. The van der Waals surface area contributed by atoms with Crippen LogP contribution in [0.5, 0.6) is 5.75 Å². The lowest BCUT2D eigenvalue weighted by Gasteiger charge is -2.39. The second-order valence-electron chi connectivity index (χ2n) is 6.55. The van der Waals surface area contributed by atoms with E-state index in [-0.39, 0.29) is 18.2 Å². The van der Waals surface area contributed by atoms with E-state index in [1.54, 1.807) is 5.01 Å². The van der Waals surface area contributed by atoms with E-state index in [2.05, 4.69) is 11.1 Å². The molecular weight excluding hydrogens is 324 g/mol. The molecule has 1 saturated heterocycles. The second-order valence-corrected chi connectivity index (χ2v) is 6.55. The fourth-order valence-corrected chi connectivity index (χ4v) is 3.91. The van der Waals surface area contributed by atoms with Crippen molar-refractivity contribution < 1.29 is 9.53 Å². The summed E-state index contributed by atoms with van der Waals surface area (Å²) in [5.41, 5.74) is 2.83. The molecule has 0 radical (unpaired) electrons. The summed E-state index contributed by atoms with van der Waals surface area (Å²) < 4.78 is 6.21. The maximum atomic E-state index is 13.3. The van der Waals surface area contributed by atoms with E-state index < -0.39 is 0 Å². The summed E-state index contributed by atoms with van der Waals surface area (Å²) in [7, 11) is 0. The van der Waals surface area contributed by atoms with Crippen LogP contribution in [0.25, 0.3) is 0 Å². The van der Waals surface area contributed by atoms with Crippen LogP contribution in [0, 0.1) is 0 Å². The lowest BCUT2D eigenvalue weighted by atomic mass is 9.97. The Morgan fingerprint density at radius 2 is 1.42 bits per heavy atom. The van der Waals surface area contributed by atoms with Crippen molar-refractivity contribution in [2.45, 2.75) is 18.7 Å². The van der Waals surface area contributed by atoms with Gasteiger partial charge in [0, 0.05) is 12.0 Å². The zero-order chi connectivity index (χ0) is 17.5. The van der Waals surface area contributed by atoms with Gasteiger partial charge in [-0.2, -0.15) is 0 Å². The van der Waals surface area contributed by atoms with Gasteiger partial charge in [0.15, 0.2) is 6.23 Å². The summed E-state index contributed by atoms with van der Waals surface area (Å²) >= 11 is 0. The van der Waals surface area contributed by atoms with Gasteiger partial charge in [-0.1, -0.05) is 54.6 Å². The predicted octanol–water partition coefficient (Wildman–Crippen LogP) is 4.41. The first-order valence-electron chi connectivity index (χ1n) is 8.81. The molecule has 0 aliphatic carbocycles. The third kappa shape index (κ3) is 2.26. The molecule has 2 heterocycles. The first-order chi connectivity index (χ1) is 12.8. The summed E-state index contributed by atoms with van der Waals surface area (Å²) in [5, 5.41) is 3.85. The number of hydrogen-bond acceptors (Lipinski definition) is 3. The fourth-order valence-electron chi connectivity index (χ4n) is 3.91. The van der Waals surface area contributed by atoms with Crippen molar-refractivity contribution in [1.82, 2.24) is 5.01 Å². The standard InChI is InChI=1S/C22H18N2O2/c25-22-19-14-8-7-13-18(19)20-15-21(26-17-11-5-2-6-12-17)24(22)23(20)16-9-3-1-4-10-16/h1-14,20-21H,15H2/t20-,21-/m1/s1. The number of ether oxygens (including phenoxy) is 1. The van der Waals surface area contributed by atoms with E-state index in [0.717, 1.165) is 29.0 Å². The van der Waals surface area contributed by atoms with Crippen molar-refractivity contribution in [1.29, 1.82) is 0 Å². The molecule has 0 aromatic heterocycles. The van der Waals surface area contributed by atoms with E-state index in [4.69, 9.17) is 4.74 Å². The van der Waals surface area contributed by atoms with Crippen LogP contribution in [-0.2, 0) is 0 Å². The Bertz CT molecular complexity index is 943. The first-order valence-corrected chi connectivity index (χ1v) is 8.81. The smallest absolute Gasteiger partial charge is 0.276 e. The highest BCUT2D eigenvalue weighted by atomic mass is 16.5. The number of nitrogens with zero attached hydrogens (tertiary/aromatic N) is 2. The Morgan fingerprint density at radius 1 is 0.769 bits per heavy atom. The highest BCUT2D eigenvalue weighted by molar-refractivity contribution is 5.99. The molecule has 2 aliphatic heterocycles. The SMILES string of the molecule is O=C1c2ccccc2[C@H]2C[C@@H](Oc3ccccc3)N1N2c1ccccc1. The number of carbonyl (C=O) groups excluding carboxylic acids is 1. The van der Waals surface area contributed by atoms with Crippen molar-refractivity contribution >= 4 is 11.6 Å². The van der Waals surface area contributed by atoms with Crippen LogP contribution in [0.2, 0.25) is 0 Å². The van der Waals surface area contributed by atoms with Crippen LogP contribution in [0.1, 0.15) is 28.4 Å². The molecule has 26 heavy (non-hydrogen) atoms. The van der Waals surface area contributed by atoms with Crippen molar-refractivity contribution in [3.05, 3.63) is 96.1 Å². The number of para-hydroxylation sites is 2. The number of rotatable bonds is 3. The van der Waals surface area contributed by atoms with Crippen LogP contribution in [0.4, 0.5) is 5.69 Å². The lowest BCUT2D eigenvalue weighted by Crippen LogP contribution is -2.50. The molecular formula is C22H18N2O2. The Hall–Kier alpha value is -3.27. The van der Waals surface area contributed by atoms with Crippen LogP contribution < -0.4 is 9.75 Å². The number of carbonyl (C=O) groups is 1. The Labute approximate surface area is 152 Å². The minimum Gasteiger partial charge on any atom is -0.469 e. The third-order valence-electron chi connectivity index (χ3n) is 5.02. The minimum atomic E-state index is -0.331. The molecule has 2 atom stereocenters. The topological polar surface area (TPSA) is 32.8 Å². The van der Waals surface area contributed by atoms with Gasteiger partial charge in [-0.3, -0.25) is 9.80 Å². The quantitative estimate of drug-likeness (QED) is 0.707. The van der Waals surface area contributed by atoms with Gasteiger partial charge < -0.3 is 4.74 Å². The molecule has 0 unspecified atom stereocenters. The van der Waals surface area contributed by atoms with Gasteiger partial charge in [-0.15, -0.1) is 0 Å². The fraction of sp³-hybridized carbons (Fsp3) is 0.136. The van der Waals surface area contributed by atoms with Crippen LogP contribution >= 0.6 is 0 Å². The van der Waals surface area contributed by atoms with Crippen molar-refractivity contribution in [2.75, 3.05) is 5.01 Å². The summed E-state index contributed by atoms with van der Waals surface area (Å²) in [5.74, 6) is 0.758. The Kier molecular flexibility index (Phi) is 3.42. The van der Waals surface area contributed by atoms with Crippen LogP contribution in [-0.4, -0.2) is 17.1 Å². The molecule has 1 amide bonds. The number of benzene rings is 3. The summed E-state index contributed by atoms with van der Waals surface area (Å²) in [6.07, 6.45) is 0.398. The zero-order valence-corrected chi connectivity index (χ0v) is 14.2. The normalized spacial score (nSPS) is 20.8. The maximum absolute atomic E-state index is 13.3. The average molecular weight is 342 g/mol. The van der Waals surface area contributed by atoms with Crippen molar-refractivity contribution in [3.8, 4) is 5.75 Å². The van der Waals surface area contributed by atoms with Gasteiger partial charge in [0.25, 0.3) is 5.91 Å². The van der Waals surface area contributed by atoms with E-state index in [1.165, 1.54) is 0 Å². The van der Waals surface area contributed by atoms with E-state index in [9.17, 15) is 4.79 Å². The molecule has 128 valence electrons. The van der Waals surface area contributed by atoms with E-state index in [0.29, 0.717) is 0 Å². The summed E-state index contributed by atoms with van der Waals surface area (Å²) in [6, 6.07) is 27.7. The van der Waals surface area contributed by atoms with E-state index >= 15 is 0 Å². The van der Waals surface area contributed by atoms with Gasteiger partial charge in [0.2, 0.25) is 0 Å². The van der Waals surface area contributed by atoms with E-state index in [1.807, 2.05) is 78.9 Å². The monoisotopic (exact) mass is 342 g/mol. The number of anilines is 1. The van der Waals surface area contributed by atoms with Crippen LogP contribution in [0.15, 0.2) is 84.9 Å². The highest BCUT2D eigenvalue weighted by Crippen LogP contribution is 2.46. The molecule has 2 aliphatic rings. The minimum absolute atomic E-state index is 0.0147. The highest BCUT2D eigenvalue weighted by Gasteiger charge is 2.49. The van der Waals surface area contributed by atoms with Crippen molar-refractivity contribution in [3.63, 3.8) is 0 Å². The molecule has 0 saturated carbocycles. The molecule has 4 nitrogen and oxygen atoms in total. The third-order valence-corrected chi connectivity index (χ3v) is 5.02. The Balaban J connectivity index is 1.59. The van der Waals surface area contributed by atoms with Gasteiger partial charge in [0.05, 0.1) is 11.7 Å². The molecule has 1 fully saturated rings. The van der Waals surface area contributed by atoms with Gasteiger partial charge >= 0.3 is 0 Å². The number of fused-ring (bicyclic) bond motifs is 4. The summed E-state index contributed by atoms with van der Waals surface area (Å²) in [6.45, 7) is 0. The number of hydrazine groups is 1. The van der Waals surface area contributed by atoms with Crippen molar-refractivity contribution in [2.24, 2.45) is 0 Å². The van der Waals surface area contributed by atoms with Gasteiger partial charge in [-0.25, -0.2) is 5.01 Å². The van der Waals surface area contributed by atoms with Crippen LogP contribution in [0.3, 0.4) is 0 Å². The summed E-state index contributed by atoms with van der Waals surface area (Å²) in [4.78, 5) is 13.3.